The zero-order valence-electron chi connectivity index (χ0n) is 14.9. The molecule has 2 aromatic rings. The van der Waals surface area contributed by atoms with Gasteiger partial charge in [-0.2, -0.15) is 0 Å². The first-order chi connectivity index (χ1) is 13.9. The summed E-state index contributed by atoms with van der Waals surface area (Å²) in [6.45, 7) is -1.23. The SMILES string of the molecule is O=C(COC(=O)CNC(=O)c1cccc([N+](=O)[O-])c1)NNC(=O)c1ccccc1. The highest BCUT2D eigenvalue weighted by molar-refractivity contribution is 5.97. The van der Waals surface area contributed by atoms with Gasteiger partial charge < -0.3 is 10.1 Å². The highest BCUT2D eigenvalue weighted by atomic mass is 16.6. The molecular weight excluding hydrogens is 384 g/mol. The van der Waals surface area contributed by atoms with Crippen molar-refractivity contribution in [2.45, 2.75) is 0 Å². The van der Waals surface area contributed by atoms with Gasteiger partial charge in [-0.3, -0.25) is 40.1 Å². The van der Waals surface area contributed by atoms with E-state index in [0.29, 0.717) is 5.56 Å². The molecule has 3 amide bonds. The summed E-state index contributed by atoms with van der Waals surface area (Å²) in [6.07, 6.45) is 0. The molecule has 0 aliphatic heterocycles. The van der Waals surface area contributed by atoms with Gasteiger partial charge in [0.1, 0.15) is 6.54 Å². The molecule has 11 nitrogen and oxygen atoms in total. The number of nitro groups is 1. The first-order valence-electron chi connectivity index (χ1n) is 8.19. The molecule has 0 atom stereocenters. The monoisotopic (exact) mass is 400 g/mol. The summed E-state index contributed by atoms with van der Waals surface area (Å²) in [7, 11) is 0. The number of carbonyl (C=O) groups excluding carboxylic acids is 4. The van der Waals surface area contributed by atoms with Gasteiger partial charge in [0.25, 0.3) is 23.4 Å². The number of nitrogens with zero attached hydrogens (tertiary/aromatic N) is 1. The zero-order valence-corrected chi connectivity index (χ0v) is 14.9. The molecule has 0 fully saturated rings. The molecule has 0 unspecified atom stereocenters. The molecule has 0 radical (unpaired) electrons. The lowest BCUT2D eigenvalue weighted by Crippen LogP contribution is -2.44. The molecule has 0 aliphatic carbocycles. The highest BCUT2D eigenvalue weighted by Crippen LogP contribution is 2.12. The molecule has 0 heterocycles. The van der Waals surface area contributed by atoms with Crippen molar-refractivity contribution in [2.75, 3.05) is 13.2 Å². The van der Waals surface area contributed by atoms with Crippen LogP contribution < -0.4 is 16.2 Å². The van der Waals surface area contributed by atoms with Crippen molar-refractivity contribution in [1.29, 1.82) is 0 Å². The Balaban J connectivity index is 1.70. The lowest BCUT2D eigenvalue weighted by molar-refractivity contribution is -0.384. The molecule has 3 N–H and O–H groups in total. The molecule has 0 aliphatic rings. The molecule has 0 saturated heterocycles. The minimum absolute atomic E-state index is 0.00614. The third-order valence-electron chi connectivity index (χ3n) is 3.43. The van der Waals surface area contributed by atoms with Crippen LogP contribution in [0.4, 0.5) is 5.69 Å². The van der Waals surface area contributed by atoms with Crippen LogP contribution in [0.25, 0.3) is 0 Å². The van der Waals surface area contributed by atoms with E-state index in [1.807, 2.05) is 0 Å². The molecule has 0 saturated carbocycles. The maximum Gasteiger partial charge on any atom is 0.325 e. The Hall–Kier alpha value is -4.28. The number of rotatable bonds is 7. The molecule has 2 aromatic carbocycles. The number of hydrogen-bond donors (Lipinski definition) is 3. The van der Waals surface area contributed by atoms with Crippen LogP contribution in [0.15, 0.2) is 54.6 Å². The van der Waals surface area contributed by atoms with Crippen LogP contribution in [0.1, 0.15) is 20.7 Å². The van der Waals surface area contributed by atoms with Crippen LogP contribution in [-0.4, -0.2) is 41.8 Å². The average Bonchev–Trinajstić information content (AvgIpc) is 2.74. The highest BCUT2D eigenvalue weighted by Gasteiger charge is 2.14. The van der Waals surface area contributed by atoms with E-state index in [-0.39, 0.29) is 11.3 Å². The fourth-order valence-corrected chi connectivity index (χ4v) is 2.04. The van der Waals surface area contributed by atoms with Crippen LogP contribution in [-0.2, 0) is 14.3 Å². The number of amides is 3. The number of nitro benzene ring substituents is 1. The van der Waals surface area contributed by atoms with Gasteiger partial charge in [0.2, 0.25) is 0 Å². The van der Waals surface area contributed by atoms with E-state index in [1.54, 1.807) is 30.3 Å². The normalized spacial score (nSPS) is 9.79. The molecule has 2 rings (SSSR count). The first kappa shape index (κ1) is 21.0. The molecule has 0 spiro atoms. The maximum absolute atomic E-state index is 11.9. The van der Waals surface area contributed by atoms with Crippen molar-refractivity contribution < 1.29 is 28.8 Å². The number of carbonyl (C=O) groups is 4. The summed E-state index contributed by atoms with van der Waals surface area (Å²) in [4.78, 5) is 56.9. The van der Waals surface area contributed by atoms with Gasteiger partial charge >= 0.3 is 5.97 Å². The van der Waals surface area contributed by atoms with Gasteiger partial charge in [0.05, 0.1) is 4.92 Å². The Labute approximate surface area is 164 Å². The number of esters is 1. The number of nitrogens with one attached hydrogen (secondary N) is 3. The van der Waals surface area contributed by atoms with Gasteiger partial charge in [-0.05, 0) is 18.2 Å². The Morgan fingerprint density at radius 3 is 2.28 bits per heavy atom. The second-order valence-electron chi connectivity index (χ2n) is 5.52. The third-order valence-corrected chi connectivity index (χ3v) is 3.43. The number of hydrogen-bond acceptors (Lipinski definition) is 7. The van der Waals surface area contributed by atoms with Crippen molar-refractivity contribution in [3.05, 3.63) is 75.8 Å². The Kier molecular flexibility index (Phi) is 7.36. The molecule has 150 valence electrons. The van der Waals surface area contributed by atoms with Gasteiger partial charge in [0.15, 0.2) is 6.61 Å². The summed E-state index contributed by atoms with van der Waals surface area (Å²) >= 11 is 0. The van der Waals surface area contributed by atoms with Crippen LogP contribution in [0.3, 0.4) is 0 Å². The van der Waals surface area contributed by atoms with Gasteiger partial charge in [0, 0.05) is 23.3 Å². The Bertz CT molecular complexity index is 931. The lowest BCUT2D eigenvalue weighted by atomic mass is 10.2. The third kappa shape index (κ3) is 6.75. The lowest BCUT2D eigenvalue weighted by Gasteiger charge is -2.08. The smallest absolute Gasteiger partial charge is 0.325 e. The average molecular weight is 400 g/mol. The summed E-state index contributed by atoms with van der Waals surface area (Å²) in [5.41, 5.74) is 4.28. The first-order valence-corrected chi connectivity index (χ1v) is 8.19. The van der Waals surface area contributed by atoms with Gasteiger partial charge in [-0.15, -0.1) is 0 Å². The molecular formula is C18H16N4O7. The van der Waals surface area contributed by atoms with Crippen molar-refractivity contribution in [1.82, 2.24) is 16.2 Å². The molecule has 0 aromatic heterocycles. The number of ether oxygens (including phenoxy) is 1. The van der Waals surface area contributed by atoms with Gasteiger partial charge in [-0.25, -0.2) is 0 Å². The van der Waals surface area contributed by atoms with E-state index in [2.05, 4.69) is 20.9 Å². The minimum Gasteiger partial charge on any atom is -0.454 e. The predicted octanol–water partition coefficient (Wildman–Crippen LogP) is 0.329. The fourth-order valence-electron chi connectivity index (χ4n) is 2.04. The molecule has 0 bridgehead atoms. The van der Waals surface area contributed by atoms with E-state index in [4.69, 9.17) is 0 Å². The fraction of sp³-hybridized carbons (Fsp3) is 0.111. The summed E-state index contributed by atoms with van der Waals surface area (Å²) in [5, 5.41) is 12.9. The number of benzene rings is 2. The Morgan fingerprint density at radius 1 is 0.897 bits per heavy atom. The second kappa shape index (κ2) is 10.2. The summed E-state index contributed by atoms with van der Waals surface area (Å²) in [5.74, 6) is -2.96. The largest absolute Gasteiger partial charge is 0.454 e. The van der Waals surface area contributed by atoms with Crippen molar-refractivity contribution in [3.8, 4) is 0 Å². The summed E-state index contributed by atoms with van der Waals surface area (Å²) in [6, 6.07) is 13.1. The van der Waals surface area contributed by atoms with Crippen LogP contribution in [0, 0.1) is 10.1 Å². The molecule has 29 heavy (non-hydrogen) atoms. The van der Waals surface area contributed by atoms with Crippen molar-refractivity contribution >= 4 is 29.4 Å². The van der Waals surface area contributed by atoms with E-state index >= 15 is 0 Å². The van der Waals surface area contributed by atoms with E-state index in [1.165, 1.54) is 18.2 Å². The second-order valence-corrected chi connectivity index (χ2v) is 5.52. The maximum atomic E-state index is 11.9. The standard InChI is InChI=1S/C18H16N4O7/c23-15(20-21-18(26)12-5-2-1-3-6-12)11-29-16(24)10-19-17(25)13-7-4-8-14(9-13)22(27)28/h1-9H,10-11H2,(H,19,25)(H,20,23)(H,21,26). The van der Waals surface area contributed by atoms with Crippen LogP contribution >= 0.6 is 0 Å². The number of hydrazine groups is 1. The Morgan fingerprint density at radius 2 is 1.59 bits per heavy atom. The minimum atomic E-state index is -0.909. The quantitative estimate of drug-likeness (QED) is 0.343. The van der Waals surface area contributed by atoms with E-state index in [9.17, 15) is 29.3 Å². The topological polar surface area (TPSA) is 157 Å². The van der Waals surface area contributed by atoms with Crippen molar-refractivity contribution in [2.24, 2.45) is 0 Å². The summed E-state index contributed by atoms with van der Waals surface area (Å²) < 4.78 is 4.66. The van der Waals surface area contributed by atoms with Gasteiger partial charge in [-0.1, -0.05) is 24.3 Å². The molecule has 11 heteroatoms. The van der Waals surface area contributed by atoms with Crippen molar-refractivity contribution in [3.63, 3.8) is 0 Å². The number of non-ortho nitro benzene ring substituents is 1. The van der Waals surface area contributed by atoms with Crippen LogP contribution in [0.5, 0.6) is 0 Å². The van der Waals surface area contributed by atoms with E-state index in [0.717, 1.165) is 6.07 Å². The zero-order chi connectivity index (χ0) is 21.2. The van der Waals surface area contributed by atoms with E-state index < -0.39 is 41.8 Å². The van der Waals surface area contributed by atoms with Crippen LogP contribution in [0.2, 0.25) is 0 Å². The predicted molar refractivity (Wildman–Crippen MR) is 98.4 cm³/mol.